The zero-order valence-electron chi connectivity index (χ0n) is 16.8. The van der Waals surface area contributed by atoms with Crippen molar-refractivity contribution < 1.29 is 10.1 Å². The van der Waals surface area contributed by atoms with E-state index < -0.39 is 0 Å². The second-order valence-corrected chi connectivity index (χ2v) is 8.98. The van der Waals surface area contributed by atoms with Gasteiger partial charge in [-0.15, -0.1) is 11.3 Å². The predicted octanol–water partition coefficient (Wildman–Crippen LogP) is 3.94. The molecule has 1 aliphatic carbocycles. The summed E-state index contributed by atoms with van der Waals surface area (Å²) in [6.45, 7) is 0.806. The Balaban J connectivity index is 1.44. The van der Waals surface area contributed by atoms with Gasteiger partial charge in [0.25, 0.3) is 5.91 Å². The maximum absolute atomic E-state index is 13.0. The van der Waals surface area contributed by atoms with Gasteiger partial charge in [-0.05, 0) is 35.9 Å². The first-order chi connectivity index (χ1) is 14.8. The minimum Gasteiger partial charge on any atom is -0.361 e. The summed E-state index contributed by atoms with van der Waals surface area (Å²) in [6.07, 6.45) is 4.32. The Labute approximate surface area is 180 Å². The lowest BCUT2D eigenvalue weighted by atomic mass is 9.95. The molecule has 0 radical (unpaired) electrons. The van der Waals surface area contributed by atoms with Gasteiger partial charge in [-0.3, -0.25) is 4.79 Å². The van der Waals surface area contributed by atoms with Crippen LogP contribution in [0.1, 0.15) is 40.8 Å². The Morgan fingerprint density at radius 2 is 1.87 bits per heavy atom. The third-order valence-electron chi connectivity index (χ3n) is 5.86. The molecule has 0 bridgehead atoms. The molecule has 4 aromatic rings. The number of thiophene rings is 1. The molecule has 1 amide bonds. The van der Waals surface area contributed by atoms with Crippen LogP contribution in [-0.2, 0) is 4.79 Å². The Bertz CT molecular complexity index is 1120. The lowest BCUT2D eigenvalue weighted by Gasteiger charge is -2.20. The van der Waals surface area contributed by atoms with Gasteiger partial charge in [-0.1, -0.05) is 54.6 Å². The van der Waals surface area contributed by atoms with Gasteiger partial charge >= 0.3 is 0 Å². The topological polar surface area (TPSA) is 61.5 Å². The molecule has 1 saturated carbocycles. The van der Waals surface area contributed by atoms with Crippen LogP contribution in [0.4, 0.5) is 0 Å². The second-order valence-electron chi connectivity index (χ2n) is 8.00. The van der Waals surface area contributed by atoms with Gasteiger partial charge in [0.1, 0.15) is 0 Å². The van der Waals surface area contributed by atoms with E-state index in [1.54, 1.807) is 11.3 Å². The molecule has 152 valence electrons. The van der Waals surface area contributed by atoms with Gasteiger partial charge in [0.2, 0.25) is 0 Å². The number of carbonyl (C=O) groups is 1. The first-order valence-corrected chi connectivity index (χ1v) is 11.5. The number of H-pyrrole nitrogens is 1. The third-order valence-corrected chi connectivity index (χ3v) is 6.84. The number of amides is 1. The first kappa shape index (κ1) is 19.1. The number of rotatable bonds is 8. The maximum Gasteiger partial charge on any atom is 0.283 e. The maximum atomic E-state index is 13.0. The van der Waals surface area contributed by atoms with Crippen molar-refractivity contribution >= 4 is 28.1 Å². The van der Waals surface area contributed by atoms with Gasteiger partial charge in [0, 0.05) is 33.6 Å². The van der Waals surface area contributed by atoms with Crippen molar-refractivity contribution in [2.24, 2.45) is 0 Å². The molecule has 0 spiro atoms. The largest absolute Gasteiger partial charge is 0.361 e. The number of carbonyl (C=O) groups excluding carboxylic acids is 1. The fraction of sp³-hybridized carbons (Fsp3) is 0.240. The third kappa shape index (κ3) is 4.04. The highest BCUT2D eigenvalue weighted by Gasteiger charge is 2.32. The molecular formula is C25H26N3OS+. The normalized spacial score (nSPS) is 15.7. The molecule has 2 aromatic heterocycles. The lowest BCUT2D eigenvalue weighted by molar-refractivity contribution is -0.684. The molecular weight excluding hydrogens is 390 g/mol. The summed E-state index contributed by atoms with van der Waals surface area (Å²) in [7, 11) is 0. The molecule has 2 heterocycles. The highest BCUT2D eigenvalue weighted by Crippen LogP contribution is 2.32. The van der Waals surface area contributed by atoms with Crippen molar-refractivity contribution in [3.05, 3.63) is 94.3 Å². The van der Waals surface area contributed by atoms with Crippen LogP contribution in [-0.4, -0.2) is 23.5 Å². The van der Waals surface area contributed by atoms with Crippen molar-refractivity contribution in [3.8, 4) is 0 Å². The molecule has 4 N–H and O–H groups in total. The summed E-state index contributed by atoms with van der Waals surface area (Å²) in [5, 5.41) is 8.79. The highest BCUT2D eigenvalue weighted by atomic mass is 32.1. The van der Waals surface area contributed by atoms with Crippen molar-refractivity contribution in [3.63, 3.8) is 0 Å². The van der Waals surface area contributed by atoms with Crippen molar-refractivity contribution in [1.29, 1.82) is 0 Å². The SMILES string of the molecule is O=C(NC1CC1)[C@@H]([NH2+]C[C@@H](c1cccs1)c1c[nH]c2ccccc12)c1ccccc1. The Morgan fingerprint density at radius 1 is 1.07 bits per heavy atom. The highest BCUT2D eigenvalue weighted by molar-refractivity contribution is 7.10. The summed E-state index contributed by atoms with van der Waals surface area (Å²) < 4.78 is 0. The average Bonchev–Trinajstić information content (AvgIpc) is 3.26. The quantitative estimate of drug-likeness (QED) is 0.400. The minimum atomic E-state index is -0.237. The molecule has 1 fully saturated rings. The van der Waals surface area contributed by atoms with Gasteiger partial charge in [0.15, 0.2) is 6.04 Å². The predicted molar refractivity (Wildman–Crippen MR) is 122 cm³/mol. The van der Waals surface area contributed by atoms with E-state index in [9.17, 15) is 4.79 Å². The summed E-state index contributed by atoms with van der Waals surface area (Å²) in [5.41, 5.74) is 3.50. The van der Waals surface area contributed by atoms with E-state index in [1.807, 2.05) is 18.2 Å². The average molecular weight is 417 g/mol. The van der Waals surface area contributed by atoms with Crippen molar-refractivity contribution in [2.45, 2.75) is 30.8 Å². The van der Waals surface area contributed by atoms with E-state index in [1.165, 1.54) is 15.8 Å². The minimum absolute atomic E-state index is 0.118. The second kappa shape index (κ2) is 8.46. The zero-order valence-corrected chi connectivity index (χ0v) is 17.6. The lowest BCUT2D eigenvalue weighted by Crippen LogP contribution is -2.88. The number of hydrogen-bond donors (Lipinski definition) is 3. The number of nitrogens with two attached hydrogens (primary N) is 1. The molecule has 0 saturated heterocycles. The number of aromatic nitrogens is 1. The fourth-order valence-corrected chi connectivity index (χ4v) is 4.97. The number of nitrogens with one attached hydrogen (secondary N) is 2. The summed E-state index contributed by atoms with van der Waals surface area (Å²) in [4.78, 5) is 17.8. The summed E-state index contributed by atoms with van der Waals surface area (Å²) >= 11 is 1.78. The molecule has 30 heavy (non-hydrogen) atoms. The summed E-state index contributed by atoms with van der Waals surface area (Å²) in [6, 6.07) is 23.0. The van der Waals surface area contributed by atoms with E-state index in [0.717, 1.165) is 30.5 Å². The van der Waals surface area contributed by atoms with Crippen LogP contribution in [0, 0.1) is 0 Å². The van der Waals surface area contributed by atoms with E-state index in [4.69, 9.17) is 0 Å². The van der Waals surface area contributed by atoms with Crippen molar-refractivity contribution in [2.75, 3.05) is 6.54 Å². The van der Waals surface area contributed by atoms with Crippen LogP contribution < -0.4 is 10.6 Å². The van der Waals surface area contributed by atoms with Crippen LogP contribution in [0.15, 0.2) is 78.3 Å². The van der Waals surface area contributed by atoms with Crippen LogP contribution in [0.3, 0.4) is 0 Å². The summed E-state index contributed by atoms with van der Waals surface area (Å²) in [5.74, 6) is 0.341. The standard InChI is InChI=1S/C25H25N3OS/c29-25(28-18-12-13-18)24(17-7-2-1-3-8-17)27-16-21(23-11-6-14-30-23)20-15-26-22-10-5-4-9-19(20)22/h1-11,14-15,18,21,24,26-27H,12-13,16H2,(H,28,29)/p+1/t21-,24+/m1/s1. The number of aromatic amines is 1. The number of fused-ring (bicyclic) bond motifs is 1. The van der Waals surface area contributed by atoms with Gasteiger partial charge in [-0.2, -0.15) is 0 Å². The molecule has 2 atom stereocenters. The Kier molecular flexibility index (Phi) is 5.39. The fourth-order valence-electron chi connectivity index (χ4n) is 4.11. The first-order valence-electron chi connectivity index (χ1n) is 10.6. The number of benzene rings is 2. The Hall–Kier alpha value is -2.89. The van der Waals surface area contributed by atoms with E-state index in [2.05, 4.69) is 75.7 Å². The molecule has 4 nitrogen and oxygen atoms in total. The smallest absolute Gasteiger partial charge is 0.283 e. The number of quaternary nitrogens is 1. The van der Waals surface area contributed by atoms with Gasteiger partial charge in [0.05, 0.1) is 12.5 Å². The van der Waals surface area contributed by atoms with Crippen LogP contribution >= 0.6 is 11.3 Å². The molecule has 1 aliphatic rings. The molecule has 5 rings (SSSR count). The number of hydrogen-bond acceptors (Lipinski definition) is 2. The van der Waals surface area contributed by atoms with Gasteiger partial charge in [-0.25, -0.2) is 0 Å². The van der Waals surface area contributed by atoms with E-state index in [0.29, 0.717) is 6.04 Å². The molecule has 0 unspecified atom stereocenters. The van der Waals surface area contributed by atoms with Gasteiger partial charge < -0.3 is 15.6 Å². The monoisotopic (exact) mass is 416 g/mol. The van der Waals surface area contributed by atoms with E-state index in [-0.39, 0.29) is 17.9 Å². The zero-order chi connectivity index (χ0) is 20.3. The van der Waals surface area contributed by atoms with Crippen LogP contribution in [0.5, 0.6) is 0 Å². The van der Waals surface area contributed by atoms with Crippen LogP contribution in [0.2, 0.25) is 0 Å². The molecule has 2 aromatic carbocycles. The van der Waals surface area contributed by atoms with E-state index >= 15 is 0 Å². The van der Waals surface area contributed by atoms with Crippen molar-refractivity contribution in [1.82, 2.24) is 10.3 Å². The molecule has 0 aliphatic heterocycles. The van der Waals surface area contributed by atoms with Crippen LogP contribution in [0.25, 0.3) is 10.9 Å². The molecule has 5 heteroatoms. The number of para-hydroxylation sites is 1. The Morgan fingerprint density at radius 3 is 2.63 bits per heavy atom.